The molecule has 0 spiro atoms. The van der Waals surface area contributed by atoms with Gasteiger partial charge in [0.1, 0.15) is 5.76 Å². The molecule has 0 atom stereocenters. The van der Waals surface area contributed by atoms with E-state index >= 15 is 0 Å². The molecule has 0 aliphatic heterocycles. The summed E-state index contributed by atoms with van der Waals surface area (Å²) >= 11 is 4.93. The Morgan fingerprint density at radius 3 is 2.60 bits per heavy atom. The number of allylic oxidation sites excluding steroid dienone is 4. The lowest BCUT2D eigenvalue weighted by Gasteiger charge is -2.17. The van der Waals surface area contributed by atoms with Crippen molar-refractivity contribution in [3.63, 3.8) is 0 Å². The van der Waals surface area contributed by atoms with Gasteiger partial charge in [-0.25, -0.2) is 0 Å². The lowest BCUT2D eigenvalue weighted by Crippen LogP contribution is -2.25. The quantitative estimate of drug-likeness (QED) is 0.664. The molecule has 0 bridgehead atoms. The number of hydrogen-bond donors (Lipinski definition) is 0. The molecule has 0 aromatic carbocycles. The molecular weight excluding hydrogens is 214 g/mol. The average Bonchev–Trinajstić information content (AvgIpc) is 2.20. The molecule has 4 nitrogen and oxygen atoms in total. The van der Waals surface area contributed by atoms with Crippen molar-refractivity contribution in [2.45, 2.75) is 6.42 Å². The van der Waals surface area contributed by atoms with Crippen molar-refractivity contribution in [1.29, 1.82) is 0 Å². The average molecular weight is 227 g/mol. The second-order valence-corrected chi connectivity index (χ2v) is 3.58. The Kier molecular flexibility index (Phi) is 3.85. The summed E-state index contributed by atoms with van der Waals surface area (Å²) in [6.45, 7) is 0. The van der Waals surface area contributed by atoms with Crippen molar-refractivity contribution in [2.24, 2.45) is 0 Å². The molecule has 0 aromatic heterocycles. The fourth-order valence-electron chi connectivity index (χ4n) is 0.982. The maximum Gasteiger partial charge on any atom is 0.264 e. The maximum absolute atomic E-state index is 11.5. The second kappa shape index (κ2) is 4.93. The number of ether oxygens (including phenoxy) is 2. The van der Waals surface area contributed by atoms with Crippen LogP contribution in [0, 0.1) is 0 Å². The van der Waals surface area contributed by atoms with Gasteiger partial charge in [-0.05, 0) is 24.4 Å². The minimum absolute atomic E-state index is 0.126. The van der Waals surface area contributed by atoms with Gasteiger partial charge in [0.05, 0.1) is 13.5 Å². The van der Waals surface area contributed by atoms with Crippen LogP contribution in [0.2, 0.25) is 0 Å². The van der Waals surface area contributed by atoms with Crippen molar-refractivity contribution in [1.82, 2.24) is 4.90 Å². The molecule has 5 heteroatoms. The predicted molar refractivity (Wildman–Crippen MR) is 60.2 cm³/mol. The highest BCUT2D eigenvalue weighted by atomic mass is 32.1. The van der Waals surface area contributed by atoms with Gasteiger partial charge in [-0.15, -0.1) is 0 Å². The number of thiocarbonyl (C=S) groups is 1. The number of carbonyl (C=O) groups is 1. The number of carbonyl (C=O) groups excluding carboxylic acids is 1. The minimum Gasteiger partial charge on any atom is -0.501 e. The molecule has 15 heavy (non-hydrogen) atoms. The first-order chi connectivity index (χ1) is 7.04. The molecule has 0 saturated carbocycles. The molecule has 1 rings (SSSR count). The molecule has 1 aliphatic carbocycles. The number of nitrogens with zero attached hydrogens (tertiary/aromatic N) is 1. The Morgan fingerprint density at radius 2 is 2.13 bits per heavy atom. The molecule has 0 heterocycles. The van der Waals surface area contributed by atoms with Gasteiger partial charge < -0.3 is 14.4 Å². The van der Waals surface area contributed by atoms with Crippen LogP contribution in [0.1, 0.15) is 6.42 Å². The van der Waals surface area contributed by atoms with Gasteiger partial charge in [0, 0.05) is 14.1 Å². The predicted octanol–water partition coefficient (Wildman–Crippen LogP) is 1.24. The monoisotopic (exact) mass is 227 g/mol. The van der Waals surface area contributed by atoms with Crippen LogP contribution in [0.5, 0.6) is 0 Å². The van der Waals surface area contributed by atoms with E-state index in [4.69, 9.17) is 21.7 Å². The molecular formula is C10H13NO3S. The van der Waals surface area contributed by atoms with Gasteiger partial charge in [-0.2, -0.15) is 0 Å². The number of Topliss-reactive ketones (excluding diaryl/α,β-unsaturated/α-hetero) is 1. The third-order valence-electron chi connectivity index (χ3n) is 1.85. The topological polar surface area (TPSA) is 38.8 Å². The molecule has 82 valence electrons. The van der Waals surface area contributed by atoms with E-state index in [-0.39, 0.29) is 23.1 Å². The van der Waals surface area contributed by atoms with Gasteiger partial charge in [0.2, 0.25) is 5.78 Å². The largest absolute Gasteiger partial charge is 0.501 e. The molecule has 0 amide bonds. The van der Waals surface area contributed by atoms with Crippen LogP contribution in [0.15, 0.2) is 23.7 Å². The highest BCUT2D eigenvalue weighted by molar-refractivity contribution is 7.80. The Morgan fingerprint density at radius 1 is 1.47 bits per heavy atom. The third-order valence-corrected chi connectivity index (χ3v) is 2.30. The normalized spacial score (nSPS) is 15.3. The highest BCUT2D eigenvalue weighted by Gasteiger charge is 2.19. The maximum atomic E-state index is 11.5. The Bertz CT molecular complexity index is 345. The first-order valence-corrected chi connectivity index (χ1v) is 4.82. The van der Waals surface area contributed by atoms with E-state index in [0.717, 1.165) is 0 Å². The van der Waals surface area contributed by atoms with Gasteiger partial charge in [-0.3, -0.25) is 4.79 Å². The molecule has 0 fully saturated rings. The summed E-state index contributed by atoms with van der Waals surface area (Å²) < 4.78 is 10.2. The molecule has 0 aromatic rings. The van der Waals surface area contributed by atoms with E-state index in [1.165, 1.54) is 7.11 Å². The van der Waals surface area contributed by atoms with Gasteiger partial charge >= 0.3 is 0 Å². The summed E-state index contributed by atoms with van der Waals surface area (Å²) in [5, 5.41) is 0.267. The smallest absolute Gasteiger partial charge is 0.264 e. The zero-order valence-corrected chi connectivity index (χ0v) is 9.76. The van der Waals surface area contributed by atoms with Crippen LogP contribution < -0.4 is 0 Å². The zero-order chi connectivity index (χ0) is 11.4. The van der Waals surface area contributed by atoms with Gasteiger partial charge in [0.25, 0.3) is 5.17 Å². The second-order valence-electron chi connectivity index (χ2n) is 3.23. The summed E-state index contributed by atoms with van der Waals surface area (Å²) in [6, 6.07) is 0. The number of hydrogen-bond acceptors (Lipinski definition) is 4. The van der Waals surface area contributed by atoms with Gasteiger partial charge in [-0.1, -0.05) is 0 Å². The SMILES string of the molecule is COC1=CC=C(OC(=S)N(C)C)C(=O)C1. The molecule has 0 saturated heterocycles. The lowest BCUT2D eigenvalue weighted by atomic mass is 10.1. The first-order valence-electron chi connectivity index (χ1n) is 4.41. The van der Waals surface area contributed by atoms with E-state index in [1.807, 2.05) is 0 Å². The fourth-order valence-corrected chi connectivity index (χ4v) is 1.07. The van der Waals surface area contributed by atoms with Crippen LogP contribution in [0.3, 0.4) is 0 Å². The van der Waals surface area contributed by atoms with E-state index in [1.54, 1.807) is 31.1 Å². The van der Waals surface area contributed by atoms with Crippen LogP contribution in [-0.2, 0) is 14.3 Å². The molecule has 0 unspecified atom stereocenters. The fraction of sp³-hybridized carbons (Fsp3) is 0.400. The van der Waals surface area contributed by atoms with E-state index < -0.39 is 0 Å². The lowest BCUT2D eigenvalue weighted by molar-refractivity contribution is -0.117. The van der Waals surface area contributed by atoms with Crippen molar-refractivity contribution >= 4 is 23.2 Å². The molecule has 0 N–H and O–H groups in total. The minimum atomic E-state index is -0.126. The van der Waals surface area contributed by atoms with Crippen LogP contribution in [0.4, 0.5) is 0 Å². The van der Waals surface area contributed by atoms with Crippen molar-refractivity contribution < 1.29 is 14.3 Å². The van der Waals surface area contributed by atoms with E-state index in [2.05, 4.69) is 0 Å². The summed E-state index contributed by atoms with van der Waals surface area (Å²) in [4.78, 5) is 13.2. The summed E-state index contributed by atoms with van der Waals surface area (Å²) in [5.41, 5.74) is 0. The van der Waals surface area contributed by atoms with Crippen molar-refractivity contribution in [3.05, 3.63) is 23.7 Å². The summed E-state index contributed by atoms with van der Waals surface area (Å²) in [6.07, 6.45) is 3.49. The zero-order valence-electron chi connectivity index (χ0n) is 8.94. The third kappa shape index (κ3) is 3.06. The Labute approximate surface area is 94.1 Å². The van der Waals surface area contributed by atoms with Crippen LogP contribution in [-0.4, -0.2) is 37.1 Å². The summed E-state index contributed by atoms with van der Waals surface area (Å²) in [7, 11) is 5.04. The van der Waals surface area contributed by atoms with Crippen LogP contribution >= 0.6 is 12.2 Å². The van der Waals surface area contributed by atoms with E-state index in [9.17, 15) is 4.79 Å². The van der Waals surface area contributed by atoms with Gasteiger partial charge in [0.15, 0.2) is 5.76 Å². The van der Waals surface area contributed by atoms with E-state index in [0.29, 0.717) is 5.76 Å². The molecule has 1 aliphatic rings. The summed E-state index contributed by atoms with van der Waals surface area (Å²) in [5.74, 6) is 0.760. The first kappa shape index (κ1) is 11.7. The molecule has 0 radical (unpaired) electrons. The Balaban J connectivity index is 2.71. The van der Waals surface area contributed by atoms with Crippen molar-refractivity contribution in [3.8, 4) is 0 Å². The van der Waals surface area contributed by atoms with Crippen molar-refractivity contribution in [2.75, 3.05) is 21.2 Å². The standard InChI is InChI=1S/C10H13NO3S/c1-11(2)10(15)14-9-5-4-7(13-3)6-8(9)12/h4-5H,6H2,1-3H3. The number of methoxy groups -OCH3 is 1. The number of ketones is 1. The number of rotatable bonds is 2. The van der Waals surface area contributed by atoms with Crippen LogP contribution in [0.25, 0.3) is 0 Å². The Hall–Kier alpha value is -1.36. The highest BCUT2D eigenvalue weighted by Crippen LogP contribution is 2.16.